The van der Waals surface area contributed by atoms with Gasteiger partial charge in [-0.05, 0) is 83.5 Å². The van der Waals surface area contributed by atoms with E-state index in [4.69, 9.17) is 37.0 Å². The summed E-state index contributed by atoms with van der Waals surface area (Å²) in [6.45, 7) is 4.54. The zero-order valence-corrected chi connectivity index (χ0v) is 62.1. The predicted molar refractivity (Wildman–Crippen MR) is 390 cm³/mol. The Morgan fingerprint density at radius 1 is 0.312 bits per heavy atom. The maximum atomic E-state index is 13.1. The van der Waals surface area contributed by atoms with Crippen molar-refractivity contribution in [1.29, 1.82) is 0 Å². The molecule has 554 valence electrons. The Morgan fingerprint density at radius 2 is 0.583 bits per heavy atom. The van der Waals surface area contributed by atoms with E-state index in [0.717, 1.165) is 135 Å². The normalized spacial score (nSPS) is 14.5. The van der Waals surface area contributed by atoms with Gasteiger partial charge in [-0.3, -0.25) is 37.3 Å². The lowest BCUT2D eigenvalue weighted by Crippen LogP contribution is -2.30. The molecule has 0 aliphatic heterocycles. The lowest BCUT2D eigenvalue weighted by atomic mass is 10.0. The van der Waals surface area contributed by atoms with Crippen molar-refractivity contribution in [3.63, 3.8) is 0 Å². The van der Waals surface area contributed by atoms with Gasteiger partial charge in [-0.1, -0.05) is 298 Å². The minimum absolute atomic E-state index is 0.0974. The van der Waals surface area contributed by atoms with Crippen LogP contribution in [0.2, 0.25) is 0 Å². The van der Waals surface area contributed by atoms with Crippen LogP contribution in [0.4, 0.5) is 0 Å². The summed E-state index contributed by atoms with van der Waals surface area (Å²) < 4.78 is 68.2. The SMILES string of the molecule is CC/C=C\C/C=C\C/C=C\C/C=C\C/C=C\CC(=O)OC(COC(=O)CCCCCCCCC/C=C\C/C=C\C/C=C\CC)COP(=O)(O)OCC(O)COP(=O)(O)OCC(COC(=O)CCCCCCCCCCCCCCC)OC(=O)CCCCCCCCCCCCC. The van der Waals surface area contributed by atoms with Crippen LogP contribution in [0, 0.1) is 0 Å². The van der Waals surface area contributed by atoms with Crippen molar-refractivity contribution >= 4 is 39.5 Å². The average Bonchev–Trinajstić information content (AvgIpc) is 2.14. The van der Waals surface area contributed by atoms with Crippen molar-refractivity contribution in [1.82, 2.24) is 0 Å². The Morgan fingerprint density at radius 3 is 0.927 bits per heavy atom. The van der Waals surface area contributed by atoms with Gasteiger partial charge in [0.25, 0.3) is 0 Å². The minimum Gasteiger partial charge on any atom is -0.462 e. The summed E-state index contributed by atoms with van der Waals surface area (Å²) in [7, 11) is -9.97. The van der Waals surface area contributed by atoms with Crippen molar-refractivity contribution in [2.24, 2.45) is 0 Å². The topological polar surface area (TPSA) is 237 Å². The first kappa shape index (κ1) is 92.0. The molecule has 0 heterocycles. The van der Waals surface area contributed by atoms with Crippen LogP contribution in [-0.4, -0.2) is 96.7 Å². The van der Waals surface area contributed by atoms with Crippen molar-refractivity contribution in [3.05, 3.63) is 97.2 Å². The van der Waals surface area contributed by atoms with Crippen LogP contribution in [0.15, 0.2) is 97.2 Å². The molecule has 0 aliphatic carbocycles. The fraction of sp³-hybridized carbons (Fsp3) is 0.740. The number of esters is 4. The van der Waals surface area contributed by atoms with E-state index in [-0.39, 0.29) is 25.7 Å². The molecule has 0 aliphatic rings. The third kappa shape index (κ3) is 68.5. The molecule has 0 saturated carbocycles. The van der Waals surface area contributed by atoms with Gasteiger partial charge < -0.3 is 33.8 Å². The van der Waals surface area contributed by atoms with E-state index in [2.05, 4.69) is 101 Å². The van der Waals surface area contributed by atoms with Crippen molar-refractivity contribution in [3.8, 4) is 0 Å². The van der Waals surface area contributed by atoms with Crippen molar-refractivity contribution in [2.45, 2.75) is 329 Å². The highest BCUT2D eigenvalue weighted by Gasteiger charge is 2.30. The van der Waals surface area contributed by atoms with Crippen LogP contribution < -0.4 is 0 Å². The molecule has 17 nitrogen and oxygen atoms in total. The van der Waals surface area contributed by atoms with Gasteiger partial charge in [0.15, 0.2) is 12.2 Å². The van der Waals surface area contributed by atoms with Gasteiger partial charge in [-0.2, -0.15) is 0 Å². The van der Waals surface area contributed by atoms with Crippen LogP contribution in [0.25, 0.3) is 0 Å². The number of unbranched alkanes of at least 4 members (excludes halogenated alkanes) is 29. The second kappa shape index (κ2) is 69.5. The standard InChI is InChI=1S/C77H134O17P2/c1-5-9-13-17-21-25-29-32-34-35-37-39-43-46-50-54-58-62-75(80)88-68-73(94-77(82)64-60-56-52-48-44-40-36-33-30-26-22-18-14-10-6-2)70-92-96(85,86)90-66-71(78)65-89-95(83,84)91-69-72(93-76(81)63-59-55-51-47-41-28-24-20-16-12-8-4)67-87-74(79)61-57-53-49-45-42-38-31-27-23-19-15-11-7-3/h9-10,13-14,21-22,25-26,32-34,36,44,48,56,60,71-73,78H,5-8,11-12,15-20,23-24,27-31,35,37-43,45-47,49-55,57-59,61-70H2,1-4H3,(H,83,84)(H,85,86)/b13-9-,14-10-,25-21-,26-22-,34-32-,36-33-,48-44-,60-56-. The summed E-state index contributed by atoms with van der Waals surface area (Å²) in [5.41, 5.74) is 0. The summed E-state index contributed by atoms with van der Waals surface area (Å²) in [6.07, 6.45) is 71.5. The largest absolute Gasteiger partial charge is 0.472 e. The van der Waals surface area contributed by atoms with E-state index >= 15 is 0 Å². The molecule has 0 saturated heterocycles. The fourth-order valence-electron chi connectivity index (χ4n) is 9.96. The number of rotatable bonds is 70. The van der Waals surface area contributed by atoms with Crippen LogP contribution in [-0.2, 0) is 65.4 Å². The number of allylic oxidation sites excluding steroid dienone is 15. The number of phosphoric ester groups is 2. The van der Waals surface area contributed by atoms with E-state index < -0.39 is 97.5 Å². The highest BCUT2D eigenvalue weighted by molar-refractivity contribution is 7.47. The molecule has 0 aromatic rings. The monoisotopic (exact) mass is 1390 g/mol. The highest BCUT2D eigenvalue weighted by atomic mass is 31.2. The molecule has 5 unspecified atom stereocenters. The molecule has 0 aromatic carbocycles. The smallest absolute Gasteiger partial charge is 0.462 e. The molecule has 3 N–H and O–H groups in total. The van der Waals surface area contributed by atoms with E-state index in [1.807, 2.05) is 12.2 Å². The first-order chi connectivity index (χ1) is 46.7. The Kier molecular flexibility index (Phi) is 66.6. The molecule has 0 aromatic heterocycles. The van der Waals surface area contributed by atoms with Gasteiger partial charge in [0.1, 0.15) is 19.3 Å². The summed E-state index contributed by atoms with van der Waals surface area (Å²) in [6, 6.07) is 0. The van der Waals surface area contributed by atoms with E-state index in [0.29, 0.717) is 25.7 Å². The summed E-state index contributed by atoms with van der Waals surface area (Å²) in [5.74, 6) is -2.32. The third-order valence-corrected chi connectivity index (χ3v) is 17.5. The number of carbonyl (C=O) groups is 4. The second-order valence-corrected chi connectivity index (χ2v) is 27.8. The minimum atomic E-state index is -5.00. The first-order valence-corrected chi connectivity index (χ1v) is 40.5. The number of hydrogen-bond donors (Lipinski definition) is 3. The molecule has 0 rings (SSSR count). The van der Waals surface area contributed by atoms with E-state index in [1.165, 1.54) is 96.3 Å². The second-order valence-electron chi connectivity index (χ2n) is 24.9. The molecule has 5 atom stereocenters. The van der Waals surface area contributed by atoms with Gasteiger partial charge in [0.05, 0.1) is 32.8 Å². The Bertz CT molecular complexity index is 2200. The molecular weight excluding hydrogens is 1260 g/mol. The van der Waals surface area contributed by atoms with Gasteiger partial charge >= 0.3 is 39.5 Å². The van der Waals surface area contributed by atoms with Crippen LogP contribution >= 0.6 is 15.6 Å². The molecule has 0 bridgehead atoms. The first-order valence-electron chi connectivity index (χ1n) is 37.5. The zero-order valence-electron chi connectivity index (χ0n) is 60.3. The lowest BCUT2D eigenvalue weighted by molar-refractivity contribution is -0.161. The Labute approximate surface area is 582 Å². The number of ether oxygens (including phenoxy) is 4. The molecule has 19 heteroatoms. The number of hydrogen-bond acceptors (Lipinski definition) is 15. The maximum absolute atomic E-state index is 13.1. The molecule has 0 radical (unpaired) electrons. The molecule has 96 heavy (non-hydrogen) atoms. The quantitative estimate of drug-likeness (QED) is 0.0169. The van der Waals surface area contributed by atoms with E-state index in [9.17, 15) is 43.2 Å². The average molecular weight is 1390 g/mol. The predicted octanol–water partition coefficient (Wildman–Crippen LogP) is 21.2. The van der Waals surface area contributed by atoms with Gasteiger partial charge in [0, 0.05) is 19.3 Å². The molecule has 0 amide bonds. The lowest BCUT2D eigenvalue weighted by Gasteiger charge is -2.21. The van der Waals surface area contributed by atoms with Crippen molar-refractivity contribution in [2.75, 3.05) is 39.6 Å². The maximum Gasteiger partial charge on any atom is 0.472 e. The van der Waals surface area contributed by atoms with Crippen LogP contribution in [0.5, 0.6) is 0 Å². The third-order valence-electron chi connectivity index (χ3n) is 15.6. The Balaban J connectivity index is 5.38. The number of aliphatic hydroxyl groups excluding tert-OH is 1. The van der Waals surface area contributed by atoms with Crippen LogP contribution in [0.1, 0.15) is 310 Å². The van der Waals surface area contributed by atoms with Crippen molar-refractivity contribution < 1.29 is 80.2 Å². The number of carbonyl (C=O) groups excluding carboxylic acids is 4. The molecule has 0 spiro atoms. The molecule has 0 fully saturated rings. The summed E-state index contributed by atoms with van der Waals surface area (Å²) >= 11 is 0. The summed E-state index contributed by atoms with van der Waals surface area (Å²) in [4.78, 5) is 72.7. The fourth-order valence-corrected chi connectivity index (χ4v) is 11.5. The Hall–Kier alpha value is -4.02. The molecular formula is C77H134O17P2. The highest BCUT2D eigenvalue weighted by Crippen LogP contribution is 2.45. The number of aliphatic hydroxyl groups is 1. The van der Waals surface area contributed by atoms with E-state index in [1.54, 1.807) is 12.2 Å². The summed E-state index contributed by atoms with van der Waals surface area (Å²) in [5, 5.41) is 10.6. The van der Waals surface area contributed by atoms with Gasteiger partial charge in [-0.15, -0.1) is 0 Å². The van der Waals surface area contributed by atoms with Gasteiger partial charge in [-0.25, -0.2) is 9.13 Å². The number of phosphoric acid groups is 2. The van der Waals surface area contributed by atoms with Gasteiger partial charge in [0.2, 0.25) is 0 Å². The zero-order chi connectivity index (χ0) is 70.4. The van der Waals surface area contributed by atoms with Crippen LogP contribution in [0.3, 0.4) is 0 Å².